The molecule has 2 fully saturated rings. The molecule has 0 bridgehead atoms. The van der Waals surface area contributed by atoms with Crippen LogP contribution in [0.1, 0.15) is 52.2 Å². The van der Waals surface area contributed by atoms with Crippen LogP contribution in [0.25, 0.3) is 11.3 Å². The summed E-state index contributed by atoms with van der Waals surface area (Å²) >= 11 is 0. The quantitative estimate of drug-likeness (QED) is 0.158. The smallest absolute Gasteiger partial charge is 0.328 e. The number of aryl methyl sites for hydroxylation is 2. The summed E-state index contributed by atoms with van der Waals surface area (Å²) in [7, 11) is 0. The summed E-state index contributed by atoms with van der Waals surface area (Å²) in [4.78, 5) is 40.7. The lowest BCUT2D eigenvalue weighted by Gasteiger charge is -2.32. The molecular formula is C41H41N7O4. The Hall–Kier alpha value is -5.94. The molecule has 8 rings (SSSR count). The highest BCUT2D eigenvalue weighted by Gasteiger charge is 2.28. The number of benzene rings is 4. The number of hydrogen-bond acceptors (Lipinski definition) is 7. The summed E-state index contributed by atoms with van der Waals surface area (Å²) in [5.41, 5.74) is 13.2. The zero-order chi connectivity index (χ0) is 35.6. The zero-order valence-corrected chi connectivity index (χ0v) is 28.9. The molecule has 11 heteroatoms. The monoisotopic (exact) mass is 695 g/mol. The fourth-order valence-corrected chi connectivity index (χ4v) is 7.46. The first-order valence-corrected chi connectivity index (χ1v) is 17.9. The number of rotatable bonds is 9. The minimum atomic E-state index is -0.525. The largest absolute Gasteiger partial charge is 0.457 e. The number of urea groups is 1. The van der Waals surface area contributed by atoms with Crippen molar-refractivity contribution in [2.24, 2.45) is 5.73 Å². The highest BCUT2D eigenvalue weighted by Crippen LogP contribution is 2.38. The van der Waals surface area contributed by atoms with Crippen LogP contribution in [-0.2, 0) is 24.2 Å². The lowest BCUT2D eigenvalue weighted by Crippen LogP contribution is -2.49. The van der Waals surface area contributed by atoms with Gasteiger partial charge in [-0.05, 0) is 116 Å². The standard InChI is InChI=1S/C41H41N7O4/c42-39(50)37-38(30-10-14-34(15-11-30)52-33-4-2-1-3-5-33)45-48-25-19-29-8-9-31(26-35(29)43-40(37)48)28-17-22-46(23-18-28)21-16-27-6-12-32(13-7-27)47-24-20-36(49)44-41(47)51/h1-15,26,28,43H,16-25H2,(H2,42,50)(H,44,49,51). The number of nitrogens with two attached hydrogens (primary N) is 1. The first kappa shape index (κ1) is 33.2. The first-order valence-electron chi connectivity index (χ1n) is 17.9. The molecule has 2 saturated heterocycles. The van der Waals surface area contributed by atoms with E-state index in [4.69, 9.17) is 15.6 Å². The van der Waals surface area contributed by atoms with Crippen molar-refractivity contribution in [1.82, 2.24) is 20.0 Å². The average Bonchev–Trinajstić information content (AvgIpc) is 3.43. The van der Waals surface area contributed by atoms with Gasteiger partial charge in [0.05, 0.1) is 0 Å². The maximum atomic E-state index is 12.9. The van der Waals surface area contributed by atoms with Crippen molar-refractivity contribution in [2.45, 2.75) is 44.6 Å². The number of likely N-dealkylation sites (tertiary alicyclic amines) is 1. The van der Waals surface area contributed by atoms with E-state index in [-0.39, 0.29) is 11.9 Å². The third kappa shape index (κ3) is 7.00. The second-order valence-corrected chi connectivity index (χ2v) is 13.7. The molecule has 4 amide bonds. The van der Waals surface area contributed by atoms with Crippen molar-refractivity contribution in [1.29, 1.82) is 0 Å². The van der Waals surface area contributed by atoms with Crippen molar-refractivity contribution in [3.63, 3.8) is 0 Å². The van der Waals surface area contributed by atoms with E-state index in [0.29, 0.717) is 48.3 Å². The average molecular weight is 696 g/mol. The van der Waals surface area contributed by atoms with Crippen molar-refractivity contribution >= 4 is 35.0 Å². The van der Waals surface area contributed by atoms with Crippen molar-refractivity contribution in [3.8, 4) is 22.8 Å². The van der Waals surface area contributed by atoms with Crippen LogP contribution in [0, 0.1) is 0 Å². The lowest BCUT2D eigenvalue weighted by molar-refractivity contribution is -0.120. The van der Waals surface area contributed by atoms with Crippen LogP contribution in [0.15, 0.2) is 97.1 Å². The van der Waals surface area contributed by atoms with E-state index in [0.717, 1.165) is 68.0 Å². The van der Waals surface area contributed by atoms with Gasteiger partial charge in [0.1, 0.15) is 28.6 Å². The lowest BCUT2D eigenvalue weighted by atomic mass is 9.88. The number of hydrogen-bond donors (Lipinski definition) is 3. The van der Waals surface area contributed by atoms with Crippen LogP contribution in [0.2, 0.25) is 0 Å². The van der Waals surface area contributed by atoms with E-state index in [1.165, 1.54) is 16.7 Å². The van der Waals surface area contributed by atoms with Gasteiger partial charge >= 0.3 is 6.03 Å². The molecule has 0 atom stereocenters. The summed E-state index contributed by atoms with van der Waals surface area (Å²) in [6.07, 6.45) is 4.17. The van der Waals surface area contributed by atoms with Crippen molar-refractivity contribution in [3.05, 3.63) is 119 Å². The third-order valence-electron chi connectivity index (χ3n) is 10.4. The molecule has 0 saturated carbocycles. The van der Waals surface area contributed by atoms with Gasteiger partial charge in [-0.15, -0.1) is 0 Å². The number of carbonyl (C=O) groups is 3. The molecule has 3 aliphatic heterocycles. The van der Waals surface area contributed by atoms with Gasteiger partial charge in [-0.3, -0.25) is 19.8 Å². The summed E-state index contributed by atoms with van der Waals surface area (Å²) in [5, 5.41) is 10.8. The molecular weight excluding hydrogens is 654 g/mol. The van der Waals surface area contributed by atoms with Gasteiger partial charge in [-0.25, -0.2) is 9.48 Å². The summed E-state index contributed by atoms with van der Waals surface area (Å²) < 4.78 is 7.82. The topological polar surface area (TPSA) is 135 Å². The number of piperidine rings is 1. The molecule has 52 heavy (non-hydrogen) atoms. The van der Waals surface area contributed by atoms with E-state index >= 15 is 0 Å². The molecule has 3 aliphatic rings. The Balaban J connectivity index is 0.905. The minimum Gasteiger partial charge on any atom is -0.457 e. The van der Waals surface area contributed by atoms with E-state index in [1.807, 2.05) is 71.4 Å². The Labute approximate surface area is 302 Å². The number of para-hydroxylation sites is 1. The van der Waals surface area contributed by atoms with Crippen LogP contribution in [0.4, 0.5) is 22.0 Å². The molecule has 264 valence electrons. The van der Waals surface area contributed by atoms with Gasteiger partial charge in [-0.1, -0.05) is 42.5 Å². The Morgan fingerprint density at radius 2 is 1.58 bits per heavy atom. The third-order valence-corrected chi connectivity index (χ3v) is 10.4. The summed E-state index contributed by atoms with van der Waals surface area (Å²) in [6, 6.07) is 31.6. The van der Waals surface area contributed by atoms with Crippen molar-refractivity contribution in [2.75, 3.05) is 36.4 Å². The minimum absolute atomic E-state index is 0.226. The second kappa shape index (κ2) is 14.4. The molecule has 0 spiro atoms. The highest BCUT2D eigenvalue weighted by atomic mass is 16.5. The SMILES string of the molecule is NC(=O)c1c(-c2ccc(Oc3ccccc3)cc2)nn2c1Nc1cc(C3CCN(CCc4ccc(N5CCC(=O)NC5=O)cc4)CC3)ccc1CC2. The van der Waals surface area contributed by atoms with Gasteiger partial charge in [0, 0.05) is 43.0 Å². The molecule has 0 unspecified atom stereocenters. The fraction of sp³-hybridized carbons (Fsp3) is 0.268. The van der Waals surface area contributed by atoms with Crippen LogP contribution in [0.5, 0.6) is 11.5 Å². The maximum absolute atomic E-state index is 12.9. The summed E-state index contributed by atoms with van der Waals surface area (Å²) in [5.74, 6) is 1.76. The highest BCUT2D eigenvalue weighted by molar-refractivity contribution is 6.06. The molecule has 0 radical (unpaired) electrons. The molecule has 11 nitrogen and oxygen atoms in total. The van der Waals surface area contributed by atoms with Gasteiger partial charge in [0.2, 0.25) is 5.91 Å². The first-order chi connectivity index (χ1) is 25.4. The molecule has 4 N–H and O–H groups in total. The molecule has 4 aromatic carbocycles. The van der Waals surface area contributed by atoms with Gasteiger partial charge in [0.25, 0.3) is 5.91 Å². The Morgan fingerprint density at radius 3 is 2.31 bits per heavy atom. The maximum Gasteiger partial charge on any atom is 0.328 e. The van der Waals surface area contributed by atoms with Crippen LogP contribution >= 0.6 is 0 Å². The number of primary amides is 1. The molecule has 0 aliphatic carbocycles. The number of carbonyl (C=O) groups excluding carboxylic acids is 3. The number of imide groups is 1. The zero-order valence-electron chi connectivity index (χ0n) is 28.9. The number of amides is 4. The van der Waals surface area contributed by atoms with Gasteiger partial charge in [0.15, 0.2) is 0 Å². The Kier molecular flexibility index (Phi) is 9.17. The fourth-order valence-electron chi connectivity index (χ4n) is 7.46. The van der Waals surface area contributed by atoms with E-state index in [1.54, 1.807) is 4.90 Å². The van der Waals surface area contributed by atoms with E-state index in [2.05, 4.69) is 45.9 Å². The predicted molar refractivity (Wildman–Crippen MR) is 200 cm³/mol. The Bertz CT molecular complexity index is 2100. The van der Waals surface area contributed by atoms with E-state index < -0.39 is 5.91 Å². The second-order valence-electron chi connectivity index (χ2n) is 13.7. The van der Waals surface area contributed by atoms with Crippen LogP contribution in [-0.4, -0.2) is 58.7 Å². The molecule has 4 heterocycles. The number of nitrogens with zero attached hydrogens (tertiary/aromatic N) is 4. The number of nitrogens with one attached hydrogen (secondary N) is 2. The van der Waals surface area contributed by atoms with Gasteiger partial charge < -0.3 is 20.7 Å². The molecule has 5 aromatic rings. The van der Waals surface area contributed by atoms with Gasteiger partial charge in [-0.2, -0.15) is 5.10 Å². The summed E-state index contributed by atoms with van der Waals surface area (Å²) in [6.45, 7) is 4.04. The number of aromatic nitrogens is 2. The van der Waals surface area contributed by atoms with Crippen molar-refractivity contribution < 1.29 is 19.1 Å². The van der Waals surface area contributed by atoms with Crippen LogP contribution < -0.4 is 26.0 Å². The Morgan fingerprint density at radius 1 is 0.827 bits per heavy atom. The normalized spacial score (nSPS) is 16.3. The molecule has 1 aromatic heterocycles. The number of fused-ring (bicyclic) bond motifs is 2. The number of anilines is 3. The predicted octanol–water partition coefficient (Wildman–Crippen LogP) is 6.61. The number of ether oxygens (including phenoxy) is 1. The van der Waals surface area contributed by atoms with E-state index in [9.17, 15) is 14.4 Å². The van der Waals surface area contributed by atoms with Crippen LogP contribution in [0.3, 0.4) is 0 Å².